The van der Waals surface area contributed by atoms with Crippen LogP contribution in [0.3, 0.4) is 0 Å². The largest absolute Gasteiger partial charge is 0.479 e. The predicted octanol–water partition coefficient (Wildman–Crippen LogP) is 3.59. The standard InChI is InChI=1S/C17H21ClN2O2S/c1-12(22-15-8-5-4-7-13(15)18)17(21)19-11-14(20(2)3)16-9-6-10-23-16/h4-10,12,14H,11H2,1-3H3,(H,19,21). The lowest BCUT2D eigenvalue weighted by atomic mass is 10.2. The zero-order valence-electron chi connectivity index (χ0n) is 13.5. The summed E-state index contributed by atoms with van der Waals surface area (Å²) in [7, 11) is 4.00. The lowest BCUT2D eigenvalue weighted by Crippen LogP contribution is -2.40. The van der Waals surface area contributed by atoms with Gasteiger partial charge < -0.3 is 15.0 Å². The lowest BCUT2D eigenvalue weighted by Gasteiger charge is -2.24. The van der Waals surface area contributed by atoms with E-state index < -0.39 is 6.10 Å². The minimum Gasteiger partial charge on any atom is -0.479 e. The number of likely N-dealkylation sites (N-methyl/N-ethyl adjacent to an activating group) is 1. The molecule has 2 aromatic rings. The third kappa shape index (κ3) is 4.96. The molecule has 0 bridgehead atoms. The Balaban J connectivity index is 1.92. The van der Waals surface area contributed by atoms with Crippen molar-refractivity contribution in [3.05, 3.63) is 51.7 Å². The molecular formula is C17H21ClN2O2S. The van der Waals surface area contributed by atoms with Crippen LogP contribution in [0.15, 0.2) is 41.8 Å². The number of halogens is 1. The zero-order valence-corrected chi connectivity index (χ0v) is 15.0. The van der Waals surface area contributed by atoms with E-state index in [1.807, 2.05) is 37.7 Å². The van der Waals surface area contributed by atoms with Crippen LogP contribution in [0, 0.1) is 0 Å². The summed E-state index contributed by atoms with van der Waals surface area (Å²) in [6, 6.07) is 11.4. The molecule has 0 radical (unpaired) electrons. The average molecular weight is 353 g/mol. The van der Waals surface area contributed by atoms with Crippen molar-refractivity contribution in [2.45, 2.75) is 19.1 Å². The van der Waals surface area contributed by atoms with Crippen LogP contribution in [-0.4, -0.2) is 37.6 Å². The van der Waals surface area contributed by atoms with Gasteiger partial charge in [0.05, 0.1) is 11.1 Å². The van der Waals surface area contributed by atoms with E-state index in [1.54, 1.807) is 30.4 Å². The molecule has 1 N–H and O–H groups in total. The van der Waals surface area contributed by atoms with E-state index in [0.717, 1.165) is 0 Å². The van der Waals surface area contributed by atoms with Crippen molar-refractivity contribution in [2.24, 2.45) is 0 Å². The SMILES string of the molecule is CC(Oc1ccccc1Cl)C(=O)NCC(c1cccs1)N(C)C. The first-order chi connectivity index (χ1) is 11.0. The molecule has 0 saturated heterocycles. The quantitative estimate of drug-likeness (QED) is 0.828. The Labute approximate surface area is 146 Å². The van der Waals surface area contributed by atoms with Crippen LogP contribution in [0.1, 0.15) is 17.8 Å². The van der Waals surface area contributed by atoms with Crippen molar-refractivity contribution < 1.29 is 9.53 Å². The molecule has 0 aliphatic carbocycles. The summed E-state index contributed by atoms with van der Waals surface area (Å²) in [5, 5.41) is 5.49. The van der Waals surface area contributed by atoms with Crippen molar-refractivity contribution in [2.75, 3.05) is 20.6 Å². The lowest BCUT2D eigenvalue weighted by molar-refractivity contribution is -0.127. The highest BCUT2D eigenvalue weighted by Gasteiger charge is 2.20. The van der Waals surface area contributed by atoms with Gasteiger partial charge in [0, 0.05) is 11.4 Å². The maximum atomic E-state index is 12.3. The van der Waals surface area contributed by atoms with Gasteiger partial charge in [-0.1, -0.05) is 29.8 Å². The van der Waals surface area contributed by atoms with Crippen LogP contribution in [0.25, 0.3) is 0 Å². The topological polar surface area (TPSA) is 41.6 Å². The first-order valence-corrected chi connectivity index (χ1v) is 8.63. The monoisotopic (exact) mass is 352 g/mol. The molecule has 1 aromatic heterocycles. The van der Waals surface area contributed by atoms with Crippen LogP contribution in [0.5, 0.6) is 5.75 Å². The number of hydrogen-bond acceptors (Lipinski definition) is 4. The molecule has 23 heavy (non-hydrogen) atoms. The van der Waals surface area contributed by atoms with E-state index in [9.17, 15) is 4.79 Å². The molecule has 124 valence electrons. The molecule has 1 heterocycles. The molecule has 0 aliphatic rings. The zero-order chi connectivity index (χ0) is 16.8. The summed E-state index contributed by atoms with van der Waals surface area (Å²) in [4.78, 5) is 15.6. The Morgan fingerprint density at radius 3 is 2.65 bits per heavy atom. The highest BCUT2D eigenvalue weighted by atomic mass is 35.5. The normalized spacial score (nSPS) is 13.6. The fourth-order valence-electron chi connectivity index (χ4n) is 2.14. The number of ether oxygens (including phenoxy) is 1. The molecular weight excluding hydrogens is 332 g/mol. The number of benzene rings is 1. The van der Waals surface area contributed by atoms with Gasteiger partial charge in [-0.25, -0.2) is 0 Å². The number of carbonyl (C=O) groups excluding carboxylic acids is 1. The molecule has 0 aliphatic heterocycles. The third-order valence-corrected chi connectivity index (χ3v) is 4.76. The van der Waals surface area contributed by atoms with Crippen LogP contribution < -0.4 is 10.1 Å². The smallest absolute Gasteiger partial charge is 0.260 e. The second kappa shape index (κ2) is 8.34. The molecule has 6 heteroatoms. The second-order valence-electron chi connectivity index (χ2n) is 5.43. The number of thiophene rings is 1. The van der Waals surface area contributed by atoms with Crippen LogP contribution in [-0.2, 0) is 4.79 Å². The van der Waals surface area contributed by atoms with Gasteiger partial charge in [0.15, 0.2) is 6.10 Å². The number of para-hydroxylation sites is 1. The summed E-state index contributed by atoms with van der Waals surface area (Å²) >= 11 is 7.73. The van der Waals surface area contributed by atoms with Crippen LogP contribution >= 0.6 is 22.9 Å². The molecule has 0 fully saturated rings. The first-order valence-electron chi connectivity index (χ1n) is 7.37. The van der Waals surface area contributed by atoms with Crippen molar-refractivity contribution in [1.29, 1.82) is 0 Å². The van der Waals surface area contributed by atoms with E-state index in [1.165, 1.54) is 4.88 Å². The summed E-state index contributed by atoms with van der Waals surface area (Å²) in [5.41, 5.74) is 0. The van der Waals surface area contributed by atoms with E-state index in [-0.39, 0.29) is 11.9 Å². The highest BCUT2D eigenvalue weighted by molar-refractivity contribution is 7.10. The Morgan fingerprint density at radius 2 is 2.04 bits per heavy atom. The first kappa shape index (κ1) is 17.8. The van der Waals surface area contributed by atoms with Gasteiger partial charge in [-0.05, 0) is 44.6 Å². The van der Waals surface area contributed by atoms with E-state index >= 15 is 0 Å². The Hall–Kier alpha value is -1.56. The molecule has 0 saturated carbocycles. The minimum absolute atomic E-state index is 0.145. The molecule has 2 atom stereocenters. The maximum Gasteiger partial charge on any atom is 0.260 e. The molecule has 1 aromatic carbocycles. The third-order valence-electron chi connectivity index (χ3n) is 3.47. The molecule has 2 unspecified atom stereocenters. The number of rotatable bonds is 7. The van der Waals surface area contributed by atoms with Crippen LogP contribution in [0.4, 0.5) is 0 Å². The number of nitrogens with one attached hydrogen (secondary N) is 1. The predicted molar refractivity (Wildman–Crippen MR) is 95.3 cm³/mol. The van der Waals surface area contributed by atoms with Gasteiger partial charge in [-0.3, -0.25) is 4.79 Å². The van der Waals surface area contributed by atoms with Crippen molar-refractivity contribution >= 4 is 28.8 Å². The molecule has 0 spiro atoms. The van der Waals surface area contributed by atoms with Gasteiger partial charge in [-0.2, -0.15) is 0 Å². The summed E-state index contributed by atoms with van der Waals surface area (Å²) < 4.78 is 5.64. The van der Waals surface area contributed by atoms with Gasteiger partial charge in [0.25, 0.3) is 5.91 Å². The highest BCUT2D eigenvalue weighted by Crippen LogP contribution is 2.25. The Bertz CT molecular complexity index is 631. The molecule has 4 nitrogen and oxygen atoms in total. The van der Waals surface area contributed by atoms with Crippen LogP contribution in [0.2, 0.25) is 5.02 Å². The van der Waals surface area contributed by atoms with Crippen molar-refractivity contribution in [3.8, 4) is 5.75 Å². The Kier molecular flexibility index (Phi) is 6.45. The molecule has 1 amide bonds. The average Bonchev–Trinajstić information content (AvgIpc) is 3.03. The minimum atomic E-state index is -0.610. The number of nitrogens with zero attached hydrogens (tertiary/aromatic N) is 1. The maximum absolute atomic E-state index is 12.3. The summed E-state index contributed by atoms with van der Waals surface area (Å²) in [5.74, 6) is 0.354. The van der Waals surface area contributed by atoms with Gasteiger partial charge in [0.2, 0.25) is 0 Å². The summed E-state index contributed by atoms with van der Waals surface area (Å²) in [6.45, 7) is 2.25. The van der Waals surface area contributed by atoms with Crippen molar-refractivity contribution in [1.82, 2.24) is 10.2 Å². The number of hydrogen-bond donors (Lipinski definition) is 1. The van der Waals surface area contributed by atoms with E-state index in [4.69, 9.17) is 16.3 Å². The van der Waals surface area contributed by atoms with Gasteiger partial charge >= 0.3 is 0 Å². The Morgan fingerprint density at radius 1 is 1.30 bits per heavy atom. The van der Waals surface area contributed by atoms with E-state index in [2.05, 4.69) is 16.3 Å². The number of carbonyl (C=O) groups is 1. The van der Waals surface area contributed by atoms with Gasteiger partial charge in [-0.15, -0.1) is 11.3 Å². The second-order valence-corrected chi connectivity index (χ2v) is 6.82. The number of amides is 1. The fraction of sp³-hybridized carbons (Fsp3) is 0.353. The molecule has 2 rings (SSSR count). The van der Waals surface area contributed by atoms with E-state index in [0.29, 0.717) is 17.3 Å². The summed E-state index contributed by atoms with van der Waals surface area (Å²) in [6.07, 6.45) is -0.610. The van der Waals surface area contributed by atoms with Crippen molar-refractivity contribution in [3.63, 3.8) is 0 Å². The fourth-order valence-corrected chi connectivity index (χ4v) is 3.25. The van der Waals surface area contributed by atoms with Gasteiger partial charge in [0.1, 0.15) is 5.75 Å².